The zero-order valence-electron chi connectivity index (χ0n) is 10.4. The minimum absolute atomic E-state index is 0.0475. The summed E-state index contributed by atoms with van der Waals surface area (Å²) in [5, 5.41) is 0.998. The highest BCUT2D eigenvalue weighted by Crippen LogP contribution is 2.24. The maximum Gasteiger partial charge on any atom is 0.257 e. The molecule has 0 bridgehead atoms. The Morgan fingerprint density at radius 2 is 2.50 bits per heavy atom. The van der Waals surface area contributed by atoms with Crippen LogP contribution in [0.3, 0.4) is 0 Å². The van der Waals surface area contributed by atoms with Crippen LogP contribution in [-0.2, 0) is 0 Å². The first kappa shape index (κ1) is 13.3. The molecule has 2 rings (SSSR count). The summed E-state index contributed by atoms with van der Waals surface area (Å²) in [4.78, 5) is 18.3. The van der Waals surface area contributed by atoms with Crippen LogP contribution in [0.25, 0.3) is 0 Å². The maximum atomic E-state index is 12.4. The van der Waals surface area contributed by atoms with Gasteiger partial charge in [0.2, 0.25) is 0 Å². The Labute approximate surface area is 115 Å². The lowest BCUT2D eigenvalue weighted by Crippen LogP contribution is -2.29. The molecule has 0 saturated carbocycles. The SMILES string of the molecule is COc1cnccc1C(=O)N1CCC(CCBr)C1. The summed E-state index contributed by atoms with van der Waals surface area (Å²) in [7, 11) is 1.56. The minimum Gasteiger partial charge on any atom is -0.494 e. The summed E-state index contributed by atoms with van der Waals surface area (Å²) >= 11 is 3.45. The molecule has 1 amide bonds. The lowest BCUT2D eigenvalue weighted by atomic mass is 10.1. The van der Waals surface area contributed by atoms with E-state index in [1.165, 1.54) is 0 Å². The van der Waals surface area contributed by atoms with Crippen molar-refractivity contribution in [2.45, 2.75) is 12.8 Å². The molecule has 0 spiro atoms. The fraction of sp³-hybridized carbons (Fsp3) is 0.538. The van der Waals surface area contributed by atoms with Crippen LogP contribution in [0.2, 0.25) is 0 Å². The predicted octanol–water partition coefficient (Wildman–Crippen LogP) is 2.34. The summed E-state index contributed by atoms with van der Waals surface area (Å²) in [5.74, 6) is 1.21. The normalized spacial score (nSPS) is 19.0. The first-order valence-corrected chi connectivity index (χ1v) is 7.21. The van der Waals surface area contributed by atoms with Crippen molar-refractivity contribution in [1.82, 2.24) is 9.88 Å². The lowest BCUT2D eigenvalue weighted by Gasteiger charge is -2.17. The van der Waals surface area contributed by atoms with E-state index in [1.807, 2.05) is 4.90 Å². The molecule has 1 aliphatic rings. The van der Waals surface area contributed by atoms with Crippen molar-refractivity contribution in [2.24, 2.45) is 5.92 Å². The van der Waals surface area contributed by atoms with Crippen LogP contribution >= 0.6 is 15.9 Å². The van der Waals surface area contributed by atoms with Gasteiger partial charge in [-0.3, -0.25) is 9.78 Å². The van der Waals surface area contributed by atoms with Gasteiger partial charge in [0.05, 0.1) is 18.9 Å². The third-order valence-electron chi connectivity index (χ3n) is 3.33. The molecule has 2 heterocycles. The number of hydrogen-bond donors (Lipinski definition) is 0. The van der Waals surface area contributed by atoms with Gasteiger partial charge in [0.15, 0.2) is 0 Å². The zero-order chi connectivity index (χ0) is 13.0. The second kappa shape index (κ2) is 6.18. The fourth-order valence-electron chi connectivity index (χ4n) is 2.30. The van der Waals surface area contributed by atoms with E-state index in [1.54, 1.807) is 25.6 Å². The molecular weight excluding hydrogens is 296 g/mol. The van der Waals surface area contributed by atoms with Crippen LogP contribution in [0.15, 0.2) is 18.5 Å². The van der Waals surface area contributed by atoms with E-state index in [9.17, 15) is 4.79 Å². The standard InChI is InChI=1S/C13H17BrN2O2/c1-18-12-8-15-6-3-11(12)13(17)16-7-4-10(9-16)2-5-14/h3,6,8,10H,2,4-5,7,9H2,1H3. The number of ether oxygens (including phenoxy) is 1. The van der Waals surface area contributed by atoms with Gasteiger partial charge in [0.1, 0.15) is 5.75 Å². The monoisotopic (exact) mass is 312 g/mol. The van der Waals surface area contributed by atoms with E-state index >= 15 is 0 Å². The quantitative estimate of drug-likeness (QED) is 0.801. The Balaban J connectivity index is 2.08. The van der Waals surface area contributed by atoms with E-state index < -0.39 is 0 Å². The van der Waals surface area contributed by atoms with Crippen LogP contribution in [0.4, 0.5) is 0 Å². The van der Waals surface area contributed by atoms with Gasteiger partial charge in [-0.1, -0.05) is 15.9 Å². The van der Waals surface area contributed by atoms with Crippen molar-refractivity contribution in [3.05, 3.63) is 24.0 Å². The molecule has 18 heavy (non-hydrogen) atoms. The number of aromatic nitrogens is 1. The zero-order valence-corrected chi connectivity index (χ0v) is 12.0. The highest BCUT2D eigenvalue weighted by Gasteiger charge is 2.27. The minimum atomic E-state index is 0.0475. The summed E-state index contributed by atoms with van der Waals surface area (Å²) < 4.78 is 5.18. The molecule has 1 saturated heterocycles. The Hall–Kier alpha value is -1.10. The first-order valence-electron chi connectivity index (χ1n) is 6.09. The van der Waals surface area contributed by atoms with Crippen LogP contribution < -0.4 is 4.74 Å². The summed E-state index contributed by atoms with van der Waals surface area (Å²) in [6.07, 6.45) is 5.42. The first-order chi connectivity index (χ1) is 8.76. The number of rotatable bonds is 4. The van der Waals surface area contributed by atoms with Crippen molar-refractivity contribution in [2.75, 3.05) is 25.5 Å². The number of carbonyl (C=O) groups is 1. The highest BCUT2D eigenvalue weighted by molar-refractivity contribution is 9.09. The van der Waals surface area contributed by atoms with Gasteiger partial charge in [0.25, 0.3) is 5.91 Å². The third-order valence-corrected chi connectivity index (χ3v) is 3.78. The molecule has 4 nitrogen and oxygen atoms in total. The molecule has 0 aromatic carbocycles. The molecule has 5 heteroatoms. The number of likely N-dealkylation sites (tertiary alicyclic amines) is 1. The van der Waals surface area contributed by atoms with Gasteiger partial charge in [-0.15, -0.1) is 0 Å². The van der Waals surface area contributed by atoms with E-state index in [0.717, 1.165) is 31.3 Å². The molecule has 1 aromatic heterocycles. The van der Waals surface area contributed by atoms with Gasteiger partial charge in [0, 0.05) is 24.6 Å². The second-order valence-corrected chi connectivity index (χ2v) is 5.25. The van der Waals surface area contributed by atoms with Gasteiger partial charge < -0.3 is 9.64 Å². The van der Waals surface area contributed by atoms with Crippen LogP contribution in [0.1, 0.15) is 23.2 Å². The predicted molar refractivity (Wildman–Crippen MR) is 73.2 cm³/mol. The number of amides is 1. The number of nitrogens with zero attached hydrogens (tertiary/aromatic N) is 2. The Kier molecular flexibility index (Phi) is 4.58. The van der Waals surface area contributed by atoms with Crippen LogP contribution in [0.5, 0.6) is 5.75 Å². The van der Waals surface area contributed by atoms with Crippen LogP contribution in [-0.4, -0.2) is 41.3 Å². The van der Waals surface area contributed by atoms with Gasteiger partial charge in [-0.2, -0.15) is 0 Å². The van der Waals surface area contributed by atoms with Gasteiger partial charge in [-0.25, -0.2) is 0 Å². The van der Waals surface area contributed by atoms with Crippen LogP contribution in [0, 0.1) is 5.92 Å². The van der Waals surface area contributed by atoms with Gasteiger partial charge >= 0.3 is 0 Å². The fourth-order valence-corrected chi connectivity index (χ4v) is 2.94. The number of methoxy groups -OCH3 is 1. The molecular formula is C13H17BrN2O2. The Bertz CT molecular complexity index is 425. The van der Waals surface area contributed by atoms with Gasteiger partial charge in [-0.05, 0) is 24.8 Å². The lowest BCUT2D eigenvalue weighted by molar-refractivity contribution is 0.0783. The molecule has 1 aromatic rings. The van der Waals surface area contributed by atoms with Crippen molar-refractivity contribution in [3.8, 4) is 5.75 Å². The number of hydrogen-bond acceptors (Lipinski definition) is 3. The summed E-state index contributed by atoms with van der Waals surface area (Å²) in [6.45, 7) is 1.68. The number of carbonyl (C=O) groups excluding carboxylic acids is 1. The topological polar surface area (TPSA) is 42.4 Å². The average molecular weight is 313 g/mol. The number of pyridine rings is 1. The molecule has 1 atom stereocenters. The molecule has 1 fully saturated rings. The molecule has 98 valence electrons. The smallest absolute Gasteiger partial charge is 0.257 e. The molecule has 0 radical (unpaired) electrons. The Morgan fingerprint density at radius 3 is 3.22 bits per heavy atom. The van der Waals surface area contributed by atoms with Crippen molar-refractivity contribution < 1.29 is 9.53 Å². The summed E-state index contributed by atoms with van der Waals surface area (Å²) in [5.41, 5.74) is 0.604. The second-order valence-electron chi connectivity index (χ2n) is 4.46. The number of alkyl halides is 1. The molecule has 0 aliphatic carbocycles. The third kappa shape index (κ3) is 2.83. The average Bonchev–Trinajstić information content (AvgIpc) is 2.87. The molecule has 1 unspecified atom stereocenters. The van der Waals surface area contributed by atoms with Crippen molar-refractivity contribution in [3.63, 3.8) is 0 Å². The van der Waals surface area contributed by atoms with E-state index in [2.05, 4.69) is 20.9 Å². The highest BCUT2D eigenvalue weighted by atomic mass is 79.9. The number of halogens is 1. The van der Waals surface area contributed by atoms with E-state index in [0.29, 0.717) is 17.2 Å². The largest absolute Gasteiger partial charge is 0.494 e. The Morgan fingerprint density at radius 1 is 1.67 bits per heavy atom. The summed E-state index contributed by atoms with van der Waals surface area (Å²) in [6, 6.07) is 1.72. The molecule has 0 N–H and O–H groups in total. The van der Waals surface area contributed by atoms with E-state index in [-0.39, 0.29) is 5.91 Å². The maximum absolute atomic E-state index is 12.4. The van der Waals surface area contributed by atoms with Crippen molar-refractivity contribution >= 4 is 21.8 Å². The molecule has 1 aliphatic heterocycles. The van der Waals surface area contributed by atoms with Crippen molar-refractivity contribution in [1.29, 1.82) is 0 Å². The van der Waals surface area contributed by atoms with E-state index in [4.69, 9.17) is 4.74 Å².